The molecule has 2 aromatic rings. The van der Waals surface area contributed by atoms with Gasteiger partial charge < -0.3 is 10.5 Å². The number of hydrogen-bond acceptors (Lipinski definition) is 2. The maximum absolute atomic E-state index is 5.86. The van der Waals surface area contributed by atoms with Gasteiger partial charge in [0.1, 0.15) is 11.5 Å². The molecule has 80 valence electrons. The zero-order valence-electron chi connectivity index (χ0n) is 9.16. The number of nitrogens with two attached hydrogens (primary N) is 1. The van der Waals surface area contributed by atoms with Gasteiger partial charge in [-0.3, -0.25) is 0 Å². The van der Waals surface area contributed by atoms with Crippen molar-refractivity contribution < 1.29 is 4.74 Å². The van der Waals surface area contributed by atoms with Crippen LogP contribution in [0.15, 0.2) is 36.4 Å². The Morgan fingerprint density at radius 1 is 1.12 bits per heavy atom. The molecule has 0 saturated carbocycles. The Morgan fingerprint density at radius 3 is 2.88 bits per heavy atom. The first kappa shape index (κ1) is 9.28. The van der Waals surface area contributed by atoms with Crippen molar-refractivity contribution in [1.29, 1.82) is 0 Å². The zero-order valence-corrected chi connectivity index (χ0v) is 9.16. The van der Waals surface area contributed by atoms with Crippen molar-refractivity contribution in [3.8, 4) is 11.5 Å². The van der Waals surface area contributed by atoms with Crippen LogP contribution in [0.3, 0.4) is 0 Å². The highest BCUT2D eigenvalue weighted by molar-refractivity contribution is 5.56. The molecule has 0 fully saturated rings. The number of ether oxygens (including phenoxy) is 1. The van der Waals surface area contributed by atoms with Gasteiger partial charge in [-0.15, -0.1) is 0 Å². The summed E-state index contributed by atoms with van der Waals surface area (Å²) in [5, 5.41) is 0. The molecule has 1 aliphatic heterocycles. The van der Waals surface area contributed by atoms with E-state index in [-0.39, 0.29) is 0 Å². The van der Waals surface area contributed by atoms with Crippen molar-refractivity contribution in [2.24, 2.45) is 0 Å². The van der Waals surface area contributed by atoms with Crippen LogP contribution in [0.4, 0.5) is 5.69 Å². The van der Waals surface area contributed by atoms with E-state index in [9.17, 15) is 0 Å². The van der Waals surface area contributed by atoms with Crippen LogP contribution in [0.25, 0.3) is 0 Å². The highest BCUT2D eigenvalue weighted by atomic mass is 16.5. The van der Waals surface area contributed by atoms with E-state index in [2.05, 4.69) is 13.0 Å². The van der Waals surface area contributed by atoms with E-state index >= 15 is 0 Å². The average molecular weight is 211 g/mol. The predicted molar refractivity (Wildman–Crippen MR) is 64.9 cm³/mol. The van der Waals surface area contributed by atoms with Crippen LogP contribution in [0.5, 0.6) is 11.5 Å². The van der Waals surface area contributed by atoms with Gasteiger partial charge in [0.25, 0.3) is 0 Å². The monoisotopic (exact) mass is 211 g/mol. The smallest absolute Gasteiger partial charge is 0.133 e. The summed E-state index contributed by atoms with van der Waals surface area (Å²) < 4.78 is 5.86. The fraction of sp³-hybridized carbons (Fsp3) is 0.143. The summed E-state index contributed by atoms with van der Waals surface area (Å²) in [5.74, 6) is 1.84. The normalized spacial score (nSPS) is 12.6. The van der Waals surface area contributed by atoms with Crippen molar-refractivity contribution >= 4 is 5.69 Å². The van der Waals surface area contributed by atoms with Gasteiger partial charge in [0, 0.05) is 23.7 Å². The van der Waals surface area contributed by atoms with E-state index < -0.39 is 0 Å². The maximum atomic E-state index is 5.86. The number of nitrogen functional groups attached to an aromatic ring is 1. The molecule has 0 bridgehead atoms. The van der Waals surface area contributed by atoms with E-state index in [0.717, 1.165) is 23.6 Å². The highest BCUT2D eigenvalue weighted by Crippen LogP contribution is 2.38. The molecule has 0 atom stereocenters. The largest absolute Gasteiger partial charge is 0.457 e. The van der Waals surface area contributed by atoms with Crippen LogP contribution in [-0.2, 0) is 6.42 Å². The molecule has 2 aromatic carbocycles. The summed E-state index contributed by atoms with van der Waals surface area (Å²) in [6.07, 6.45) is 0.928. The maximum Gasteiger partial charge on any atom is 0.133 e. The number of rotatable bonds is 0. The van der Waals surface area contributed by atoms with Crippen molar-refractivity contribution in [2.45, 2.75) is 13.3 Å². The minimum atomic E-state index is 0.745. The minimum absolute atomic E-state index is 0.745. The third-order valence-corrected chi connectivity index (χ3v) is 3.05. The summed E-state index contributed by atoms with van der Waals surface area (Å²) in [6.45, 7) is 2.12. The first-order chi connectivity index (χ1) is 7.74. The molecule has 16 heavy (non-hydrogen) atoms. The fourth-order valence-corrected chi connectivity index (χ4v) is 2.12. The van der Waals surface area contributed by atoms with Crippen LogP contribution in [0.1, 0.15) is 16.7 Å². The highest BCUT2D eigenvalue weighted by Gasteiger charge is 2.17. The predicted octanol–water partition coefficient (Wildman–Crippen LogP) is 3.27. The molecule has 3 rings (SSSR count). The molecule has 1 aliphatic rings. The lowest BCUT2D eigenvalue weighted by Crippen LogP contribution is -2.05. The van der Waals surface area contributed by atoms with Crippen LogP contribution in [-0.4, -0.2) is 0 Å². The van der Waals surface area contributed by atoms with Crippen LogP contribution < -0.4 is 10.5 Å². The first-order valence-electron chi connectivity index (χ1n) is 5.39. The van der Waals surface area contributed by atoms with E-state index in [1.807, 2.05) is 30.3 Å². The standard InChI is InChI=1S/C14H13NO/c1-9-3-2-4-13-12(9)7-10-5-6-11(15)8-14(10)16-13/h2-6,8H,7,15H2,1H3. The molecule has 0 spiro atoms. The summed E-state index contributed by atoms with van der Waals surface area (Å²) in [6, 6.07) is 12.0. The summed E-state index contributed by atoms with van der Waals surface area (Å²) in [7, 11) is 0. The lowest BCUT2D eigenvalue weighted by molar-refractivity contribution is 0.459. The quantitative estimate of drug-likeness (QED) is 0.579. The average Bonchev–Trinajstić information content (AvgIpc) is 2.27. The van der Waals surface area contributed by atoms with Gasteiger partial charge >= 0.3 is 0 Å². The Morgan fingerprint density at radius 2 is 2.00 bits per heavy atom. The molecule has 0 aliphatic carbocycles. The minimum Gasteiger partial charge on any atom is -0.457 e. The Labute approximate surface area is 94.7 Å². The van der Waals surface area contributed by atoms with Gasteiger partial charge in [0.05, 0.1) is 0 Å². The van der Waals surface area contributed by atoms with E-state index in [0.29, 0.717) is 0 Å². The molecular formula is C14H13NO. The molecule has 2 heteroatoms. The lowest BCUT2D eigenvalue weighted by atomic mass is 9.96. The van der Waals surface area contributed by atoms with Gasteiger partial charge in [-0.25, -0.2) is 0 Å². The van der Waals surface area contributed by atoms with Crippen molar-refractivity contribution in [2.75, 3.05) is 5.73 Å². The van der Waals surface area contributed by atoms with Gasteiger partial charge in [0.15, 0.2) is 0 Å². The molecule has 0 saturated heterocycles. The van der Waals surface area contributed by atoms with Gasteiger partial charge in [-0.2, -0.15) is 0 Å². The van der Waals surface area contributed by atoms with Crippen LogP contribution in [0, 0.1) is 6.92 Å². The second-order valence-corrected chi connectivity index (χ2v) is 4.20. The van der Waals surface area contributed by atoms with Gasteiger partial charge in [-0.1, -0.05) is 18.2 Å². The Kier molecular flexibility index (Phi) is 1.90. The first-order valence-corrected chi connectivity index (χ1v) is 5.39. The third-order valence-electron chi connectivity index (χ3n) is 3.05. The number of anilines is 1. The molecule has 2 N–H and O–H groups in total. The van der Waals surface area contributed by atoms with Crippen LogP contribution in [0.2, 0.25) is 0 Å². The zero-order chi connectivity index (χ0) is 11.1. The van der Waals surface area contributed by atoms with Crippen molar-refractivity contribution in [3.63, 3.8) is 0 Å². The lowest BCUT2D eigenvalue weighted by Gasteiger charge is -2.21. The summed E-state index contributed by atoms with van der Waals surface area (Å²) >= 11 is 0. The topological polar surface area (TPSA) is 35.2 Å². The summed E-state index contributed by atoms with van der Waals surface area (Å²) in [4.78, 5) is 0. The molecule has 0 amide bonds. The molecule has 0 unspecified atom stereocenters. The second kappa shape index (κ2) is 3.27. The molecular weight excluding hydrogens is 198 g/mol. The number of hydrogen-bond donors (Lipinski definition) is 1. The number of fused-ring (bicyclic) bond motifs is 2. The van der Waals surface area contributed by atoms with Gasteiger partial charge in [-0.05, 0) is 30.2 Å². The van der Waals surface area contributed by atoms with E-state index in [1.165, 1.54) is 16.7 Å². The SMILES string of the molecule is Cc1cccc2c1Cc1ccc(N)cc1O2. The Bertz CT molecular complexity index is 561. The third kappa shape index (κ3) is 1.34. The van der Waals surface area contributed by atoms with Crippen molar-refractivity contribution in [1.82, 2.24) is 0 Å². The van der Waals surface area contributed by atoms with Crippen molar-refractivity contribution in [3.05, 3.63) is 53.1 Å². The number of aryl methyl sites for hydroxylation is 1. The second-order valence-electron chi connectivity index (χ2n) is 4.20. The Hall–Kier alpha value is -1.96. The van der Waals surface area contributed by atoms with Gasteiger partial charge in [0.2, 0.25) is 0 Å². The van der Waals surface area contributed by atoms with Crippen LogP contribution >= 0.6 is 0 Å². The molecule has 0 radical (unpaired) electrons. The molecule has 2 nitrogen and oxygen atoms in total. The Balaban J connectivity index is 2.13. The van der Waals surface area contributed by atoms with E-state index in [4.69, 9.17) is 10.5 Å². The van der Waals surface area contributed by atoms with E-state index in [1.54, 1.807) is 0 Å². The number of benzene rings is 2. The summed E-state index contributed by atoms with van der Waals surface area (Å²) in [5.41, 5.74) is 10.3. The molecule has 0 aromatic heterocycles. The fourth-order valence-electron chi connectivity index (χ4n) is 2.12. The molecule has 1 heterocycles.